The van der Waals surface area contributed by atoms with E-state index < -0.39 is 0 Å². The van der Waals surface area contributed by atoms with E-state index >= 15 is 0 Å². The van der Waals surface area contributed by atoms with Crippen LogP contribution < -0.4 is 19.5 Å². The molecular formula is C25H31FN2O4. The number of carbonyl (C=O) groups excluding carboxylic acids is 1. The largest absolute Gasteiger partial charge is 0.494 e. The van der Waals surface area contributed by atoms with Gasteiger partial charge >= 0.3 is 0 Å². The molecule has 0 radical (unpaired) electrons. The normalized spacial score (nSPS) is 16.5. The first kappa shape index (κ1) is 22.4. The van der Waals surface area contributed by atoms with Crippen molar-refractivity contribution in [3.63, 3.8) is 0 Å². The van der Waals surface area contributed by atoms with E-state index in [-0.39, 0.29) is 17.8 Å². The number of rotatable bonds is 10. The van der Waals surface area contributed by atoms with Gasteiger partial charge < -0.3 is 24.4 Å². The van der Waals surface area contributed by atoms with Crippen LogP contribution in [0, 0.1) is 5.82 Å². The number of halogens is 1. The Bertz CT molecular complexity index is 884. The van der Waals surface area contributed by atoms with Crippen LogP contribution in [0.1, 0.15) is 31.2 Å². The highest BCUT2D eigenvalue weighted by molar-refractivity contribution is 5.76. The first-order valence-electron chi connectivity index (χ1n) is 11.4. The predicted molar refractivity (Wildman–Crippen MR) is 120 cm³/mol. The highest BCUT2D eigenvalue weighted by Gasteiger charge is 2.21. The quantitative estimate of drug-likeness (QED) is 0.570. The Hall–Kier alpha value is -2.80. The first-order valence-corrected chi connectivity index (χ1v) is 11.4. The molecule has 2 aromatic rings. The lowest BCUT2D eigenvalue weighted by molar-refractivity contribution is -0.122. The van der Waals surface area contributed by atoms with Crippen LogP contribution >= 0.6 is 0 Å². The summed E-state index contributed by atoms with van der Waals surface area (Å²) in [5, 5.41) is 3.22. The Morgan fingerprint density at radius 2 is 1.81 bits per heavy atom. The Morgan fingerprint density at radius 3 is 2.59 bits per heavy atom. The van der Waals surface area contributed by atoms with E-state index in [1.807, 2.05) is 18.2 Å². The zero-order valence-corrected chi connectivity index (χ0v) is 18.4. The SMILES string of the molecule is O=C(CCCOc1ccc(F)cc1)NC(Cc1ccc2c(c1)OCCO2)CN1CCCC1. The van der Waals surface area contributed by atoms with Crippen LogP contribution in [0.25, 0.3) is 0 Å². The van der Waals surface area contributed by atoms with Crippen LogP contribution in [-0.4, -0.2) is 56.3 Å². The van der Waals surface area contributed by atoms with Crippen LogP contribution in [0.5, 0.6) is 17.2 Å². The summed E-state index contributed by atoms with van der Waals surface area (Å²) < 4.78 is 29.9. The molecule has 1 N–H and O–H groups in total. The van der Waals surface area contributed by atoms with Gasteiger partial charge in [0.2, 0.25) is 5.91 Å². The molecule has 1 saturated heterocycles. The molecule has 0 bridgehead atoms. The summed E-state index contributed by atoms with van der Waals surface area (Å²) >= 11 is 0. The summed E-state index contributed by atoms with van der Waals surface area (Å²) in [6.45, 7) is 4.55. The average molecular weight is 443 g/mol. The third-order valence-electron chi connectivity index (χ3n) is 5.76. The van der Waals surface area contributed by atoms with Gasteiger partial charge in [-0.2, -0.15) is 0 Å². The van der Waals surface area contributed by atoms with Gasteiger partial charge in [0, 0.05) is 19.0 Å². The van der Waals surface area contributed by atoms with Crippen LogP contribution in [0.3, 0.4) is 0 Å². The van der Waals surface area contributed by atoms with Crippen LogP contribution in [0.15, 0.2) is 42.5 Å². The molecule has 2 heterocycles. The number of nitrogens with zero attached hydrogens (tertiary/aromatic N) is 1. The fraction of sp³-hybridized carbons (Fsp3) is 0.480. The third-order valence-corrected chi connectivity index (χ3v) is 5.76. The smallest absolute Gasteiger partial charge is 0.220 e. The van der Waals surface area contributed by atoms with Gasteiger partial charge in [0.05, 0.1) is 6.61 Å². The topological polar surface area (TPSA) is 60.0 Å². The summed E-state index contributed by atoms with van der Waals surface area (Å²) in [5.74, 6) is 1.89. The summed E-state index contributed by atoms with van der Waals surface area (Å²) in [6, 6.07) is 12.0. The van der Waals surface area contributed by atoms with Crippen molar-refractivity contribution in [2.45, 2.75) is 38.1 Å². The first-order chi connectivity index (χ1) is 15.7. The van der Waals surface area contributed by atoms with E-state index in [0.29, 0.717) is 38.4 Å². The molecule has 0 aliphatic carbocycles. The molecule has 1 fully saturated rings. The second-order valence-corrected chi connectivity index (χ2v) is 8.36. The minimum absolute atomic E-state index is 0.0226. The number of likely N-dealkylation sites (tertiary alicyclic amines) is 1. The van der Waals surface area contributed by atoms with Gasteiger partial charge in [-0.25, -0.2) is 4.39 Å². The summed E-state index contributed by atoms with van der Waals surface area (Å²) in [4.78, 5) is 15.0. The van der Waals surface area contributed by atoms with Crippen molar-refractivity contribution in [1.29, 1.82) is 0 Å². The highest BCUT2D eigenvalue weighted by atomic mass is 19.1. The monoisotopic (exact) mass is 442 g/mol. The Morgan fingerprint density at radius 1 is 1.06 bits per heavy atom. The molecule has 0 spiro atoms. The lowest BCUT2D eigenvalue weighted by Gasteiger charge is -2.25. The number of nitrogens with one attached hydrogen (secondary N) is 1. The van der Waals surface area contributed by atoms with Crippen LogP contribution in [-0.2, 0) is 11.2 Å². The van der Waals surface area contributed by atoms with E-state index in [0.717, 1.165) is 43.1 Å². The second kappa shape index (κ2) is 11.2. The zero-order valence-electron chi connectivity index (χ0n) is 18.4. The average Bonchev–Trinajstić information content (AvgIpc) is 3.31. The van der Waals surface area contributed by atoms with Gasteiger partial charge in [-0.15, -0.1) is 0 Å². The predicted octanol–water partition coefficient (Wildman–Crippen LogP) is 3.58. The number of hydrogen-bond donors (Lipinski definition) is 1. The Kier molecular flexibility index (Phi) is 7.82. The van der Waals surface area contributed by atoms with Crippen molar-refractivity contribution >= 4 is 5.91 Å². The van der Waals surface area contributed by atoms with Gasteiger partial charge in [-0.1, -0.05) is 6.07 Å². The van der Waals surface area contributed by atoms with Gasteiger partial charge in [0.1, 0.15) is 24.8 Å². The highest BCUT2D eigenvalue weighted by Crippen LogP contribution is 2.31. The van der Waals surface area contributed by atoms with Gasteiger partial charge in [-0.05, 0) is 80.7 Å². The molecule has 2 aliphatic heterocycles. The van der Waals surface area contributed by atoms with Crippen LogP contribution in [0.4, 0.5) is 4.39 Å². The molecule has 0 saturated carbocycles. The summed E-state index contributed by atoms with van der Waals surface area (Å²) in [7, 11) is 0. The lowest BCUT2D eigenvalue weighted by Crippen LogP contribution is -2.44. The van der Waals surface area contributed by atoms with Crippen molar-refractivity contribution in [3.05, 3.63) is 53.8 Å². The molecule has 0 aromatic heterocycles. The molecule has 1 amide bonds. The van der Waals surface area contributed by atoms with E-state index in [2.05, 4.69) is 10.2 Å². The molecule has 1 unspecified atom stereocenters. The minimum Gasteiger partial charge on any atom is -0.494 e. The van der Waals surface area contributed by atoms with Gasteiger partial charge in [0.25, 0.3) is 0 Å². The fourth-order valence-corrected chi connectivity index (χ4v) is 4.19. The second-order valence-electron chi connectivity index (χ2n) is 8.36. The molecule has 172 valence electrons. The Balaban J connectivity index is 1.28. The molecule has 7 heteroatoms. The molecule has 1 atom stereocenters. The molecular weight excluding hydrogens is 411 g/mol. The maximum atomic E-state index is 13.0. The number of benzene rings is 2. The van der Waals surface area contributed by atoms with Crippen LogP contribution in [0.2, 0.25) is 0 Å². The summed E-state index contributed by atoms with van der Waals surface area (Å²) in [6.07, 6.45) is 4.16. The van der Waals surface area contributed by atoms with E-state index in [9.17, 15) is 9.18 Å². The van der Waals surface area contributed by atoms with E-state index in [4.69, 9.17) is 14.2 Å². The van der Waals surface area contributed by atoms with Crippen molar-refractivity contribution < 1.29 is 23.4 Å². The van der Waals surface area contributed by atoms with Gasteiger partial charge in [0.15, 0.2) is 11.5 Å². The number of ether oxygens (including phenoxy) is 3. The van der Waals surface area contributed by atoms with Crippen molar-refractivity contribution in [2.75, 3.05) is 39.5 Å². The number of fused-ring (bicyclic) bond motifs is 1. The van der Waals surface area contributed by atoms with E-state index in [1.165, 1.54) is 25.0 Å². The molecule has 2 aliphatic rings. The maximum absolute atomic E-state index is 13.0. The van der Waals surface area contributed by atoms with Gasteiger partial charge in [-0.3, -0.25) is 4.79 Å². The maximum Gasteiger partial charge on any atom is 0.220 e. The summed E-state index contributed by atoms with van der Waals surface area (Å²) in [5.41, 5.74) is 1.12. The minimum atomic E-state index is -0.293. The lowest BCUT2D eigenvalue weighted by atomic mass is 10.0. The molecule has 6 nitrogen and oxygen atoms in total. The molecule has 2 aromatic carbocycles. The third kappa shape index (κ3) is 6.60. The molecule has 32 heavy (non-hydrogen) atoms. The van der Waals surface area contributed by atoms with Crippen molar-refractivity contribution in [1.82, 2.24) is 10.2 Å². The number of carbonyl (C=O) groups is 1. The zero-order chi connectivity index (χ0) is 22.2. The number of amides is 1. The Labute approximate surface area is 188 Å². The van der Waals surface area contributed by atoms with E-state index in [1.54, 1.807) is 12.1 Å². The fourth-order valence-electron chi connectivity index (χ4n) is 4.19. The van der Waals surface area contributed by atoms with Crippen molar-refractivity contribution in [3.8, 4) is 17.2 Å². The number of hydrogen-bond acceptors (Lipinski definition) is 5. The van der Waals surface area contributed by atoms with Crippen molar-refractivity contribution in [2.24, 2.45) is 0 Å². The standard InChI is InChI=1S/C25H31FN2O4/c26-20-6-8-22(9-7-20)30-13-3-4-25(29)27-21(18-28-11-1-2-12-28)16-19-5-10-23-24(17-19)32-15-14-31-23/h5-10,17,21H,1-4,11-16,18H2,(H,27,29). The molecule has 4 rings (SSSR count).